The average molecular weight is 235 g/mol. The molecule has 0 spiro atoms. The highest BCUT2D eigenvalue weighted by Gasteiger charge is 2.28. The third-order valence-corrected chi connectivity index (χ3v) is 2.45. The molecule has 0 saturated heterocycles. The second-order valence-corrected chi connectivity index (χ2v) is 3.80. The molecule has 1 unspecified atom stereocenters. The van der Waals surface area contributed by atoms with Crippen molar-refractivity contribution in [2.24, 2.45) is 12.8 Å². The lowest BCUT2D eigenvalue weighted by Gasteiger charge is -2.13. The first-order valence-electron chi connectivity index (χ1n) is 5.18. The molecule has 1 aromatic rings. The molecule has 0 amide bonds. The summed E-state index contributed by atoms with van der Waals surface area (Å²) in [7, 11) is 1.70. The maximum Gasteiger partial charge on any atom is 0.389 e. The molecule has 0 radical (unpaired) electrons. The summed E-state index contributed by atoms with van der Waals surface area (Å²) in [5.74, 6) is 0. The first-order valence-corrected chi connectivity index (χ1v) is 5.18. The topological polar surface area (TPSA) is 43.8 Å². The number of rotatable bonds is 4. The monoisotopic (exact) mass is 235 g/mol. The summed E-state index contributed by atoms with van der Waals surface area (Å²) in [6.07, 6.45) is -4.36. The Hall–Kier alpha value is -1.04. The average Bonchev–Trinajstić information content (AvgIpc) is 2.55. The summed E-state index contributed by atoms with van der Waals surface area (Å²) < 4.78 is 37.6. The number of aromatic nitrogens is 2. The van der Waals surface area contributed by atoms with E-state index in [0.717, 1.165) is 12.1 Å². The van der Waals surface area contributed by atoms with Crippen LogP contribution in [0.3, 0.4) is 0 Å². The minimum Gasteiger partial charge on any atom is -0.323 e. The van der Waals surface area contributed by atoms with Crippen molar-refractivity contribution in [3.8, 4) is 0 Å². The van der Waals surface area contributed by atoms with Crippen molar-refractivity contribution in [3.05, 3.63) is 17.5 Å². The fraction of sp³-hybridized carbons (Fsp3) is 0.700. The van der Waals surface area contributed by atoms with Gasteiger partial charge in [-0.2, -0.15) is 18.3 Å². The highest BCUT2D eigenvalue weighted by molar-refractivity contribution is 5.13. The Morgan fingerprint density at radius 2 is 2.12 bits per heavy atom. The van der Waals surface area contributed by atoms with Gasteiger partial charge in [0.1, 0.15) is 0 Å². The number of hydrogen-bond donors (Lipinski definition) is 1. The van der Waals surface area contributed by atoms with Crippen molar-refractivity contribution >= 4 is 0 Å². The lowest BCUT2D eigenvalue weighted by atomic mass is 10.1. The van der Waals surface area contributed by atoms with E-state index >= 15 is 0 Å². The van der Waals surface area contributed by atoms with Crippen molar-refractivity contribution in [2.75, 3.05) is 0 Å². The number of halogens is 3. The summed E-state index contributed by atoms with van der Waals surface area (Å²) in [5, 5.41) is 4.15. The lowest BCUT2D eigenvalue weighted by Crippen LogP contribution is -2.18. The molecule has 0 saturated carbocycles. The molecule has 0 aromatic carbocycles. The van der Waals surface area contributed by atoms with E-state index < -0.39 is 18.6 Å². The second-order valence-electron chi connectivity index (χ2n) is 3.80. The summed E-state index contributed by atoms with van der Waals surface area (Å²) in [5.41, 5.74) is 7.21. The van der Waals surface area contributed by atoms with Gasteiger partial charge in [-0.25, -0.2) is 0 Å². The zero-order chi connectivity index (χ0) is 12.3. The third kappa shape index (κ3) is 3.52. The number of hydrogen-bond acceptors (Lipinski definition) is 2. The van der Waals surface area contributed by atoms with Crippen LogP contribution in [0.2, 0.25) is 0 Å². The largest absolute Gasteiger partial charge is 0.389 e. The van der Waals surface area contributed by atoms with E-state index in [9.17, 15) is 13.2 Å². The Morgan fingerprint density at radius 3 is 2.56 bits per heavy atom. The third-order valence-electron chi connectivity index (χ3n) is 2.45. The van der Waals surface area contributed by atoms with Gasteiger partial charge in [0.15, 0.2) is 0 Å². The molecule has 0 aliphatic carbocycles. The smallest absolute Gasteiger partial charge is 0.323 e. The number of nitrogens with two attached hydrogens (primary N) is 1. The quantitative estimate of drug-likeness (QED) is 0.870. The van der Waals surface area contributed by atoms with E-state index in [1.165, 1.54) is 0 Å². The zero-order valence-corrected chi connectivity index (χ0v) is 9.38. The Balaban J connectivity index is 2.65. The molecule has 0 fully saturated rings. The van der Waals surface area contributed by atoms with Gasteiger partial charge in [0, 0.05) is 19.5 Å². The number of nitrogens with zero attached hydrogens (tertiary/aromatic N) is 2. The molecular formula is C10H16F3N3. The first kappa shape index (κ1) is 13.0. The molecule has 1 heterocycles. The summed E-state index contributed by atoms with van der Waals surface area (Å²) in [6, 6.07) is 1.15. The molecule has 0 aliphatic heterocycles. The van der Waals surface area contributed by atoms with Gasteiger partial charge in [-0.05, 0) is 18.9 Å². The van der Waals surface area contributed by atoms with Crippen molar-refractivity contribution < 1.29 is 13.2 Å². The minimum absolute atomic E-state index is 0.105. The van der Waals surface area contributed by atoms with Gasteiger partial charge in [-0.15, -0.1) is 0 Å². The molecular weight excluding hydrogens is 219 g/mol. The zero-order valence-electron chi connectivity index (χ0n) is 9.38. The molecule has 1 atom stereocenters. The fourth-order valence-electron chi connectivity index (χ4n) is 1.53. The van der Waals surface area contributed by atoms with Crippen molar-refractivity contribution in [3.63, 3.8) is 0 Å². The molecule has 0 bridgehead atoms. The van der Waals surface area contributed by atoms with Gasteiger partial charge in [-0.3, -0.25) is 4.68 Å². The van der Waals surface area contributed by atoms with Crippen LogP contribution < -0.4 is 5.73 Å². The van der Waals surface area contributed by atoms with Crippen molar-refractivity contribution in [1.82, 2.24) is 9.78 Å². The van der Waals surface area contributed by atoms with Gasteiger partial charge >= 0.3 is 6.18 Å². The van der Waals surface area contributed by atoms with Gasteiger partial charge in [0.25, 0.3) is 0 Å². The second kappa shape index (κ2) is 4.86. The number of aryl methyl sites for hydroxylation is 2. The van der Waals surface area contributed by atoms with Crippen LogP contribution in [-0.4, -0.2) is 16.0 Å². The summed E-state index contributed by atoms with van der Waals surface area (Å²) in [4.78, 5) is 0. The summed E-state index contributed by atoms with van der Waals surface area (Å²) in [6.45, 7) is 1.94. The van der Waals surface area contributed by atoms with Crippen LogP contribution >= 0.6 is 0 Å². The van der Waals surface area contributed by atoms with Crippen LogP contribution in [0.4, 0.5) is 13.2 Å². The molecule has 2 N–H and O–H groups in total. The maximum absolute atomic E-state index is 12.0. The lowest BCUT2D eigenvalue weighted by molar-refractivity contribution is -0.136. The minimum atomic E-state index is -4.15. The van der Waals surface area contributed by atoms with Gasteiger partial charge in [0.05, 0.1) is 11.4 Å². The molecule has 3 nitrogen and oxygen atoms in total. The van der Waals surface area contributed by atoms with E-state index in [1.807, 2.05) is 6.92 Å². The molecule has 6 heteroatoms. The Kier molecular flexibility index (Phi) is 3.96. The highest BCUT2D eigenvalue weighted by atomic mass is 19.4. The normalized spacial score (nSPS) is 14.1. The Morgan fingerprint density at radius 1 is 1.50 bits per heavy atom. The van der Waals surface area contributed by atoms with E-state index in [0.29, 0.717) is 5.69 Å². The van der Waals surface area contributed by atoms with E-state index in [1.54, 1.807) is 17.8 Å². The highest BCUT2D eigenvalue weighted by Crippen LogP contribution is 2.26. The van der Waals surface area contributed by atoms with Gasteiger partial charge in [-0.1, -0.05) is 6.92 Å². The number of alkyl halides is 3. The van der Waals surface area contributed by atoms with Gasteiger partial charge in [0.2, 0.25) is 0 Å². The maximum atomic E-state index is 12.0. The van der Waals surface area contributed by atoms with E-state index in [2.05, 4.69) is 5.10 Å². The predicted molar refractivity (Wildman–Crippen MR) is 54.8 cm³/mol. The molecule has 92 valence electrons. The van der Waals surface area contributed by atoms with Crippen LogP contribution in [-0.2, 0) is 13.5 Å². The standard InChI is InChI=1S/C10H16F3N3/c1-3-7-6-9(16(2)15-7)8(14)4-5-10(11,12)13/h6,8H,3-5,14H2,1-2H3. The van der Waals surface area contributed by atoms with Crippen LogP contribution in [0.15, 0.2) is 6.07 Å². The van der Waals surface area contributed by atoms with Crippen molar-refractivity contribution in [1.29, 1.82) is 0 Å². The first-order chi connectivity index (χ1) is 7.33. The SMILES string of the molecule is CCc1cc(C(N)CCC(F)(F)F)n(C)n1. The predicted octanol–water partition coefficient (Wildman–Crippen LogP) is 2.32. The van der Waals surface area contributed by atoms with Gasteiger partial charge < -0.3 is 5.73 Å². The van der Waals surface area contributed by atoms with Crippen LogP contribution in [0.1, 0.15) is 37.2 Å². The Labute approximate surface area is 92.4 Å². The summed E-state index contributed by atoms with van der Waals surface area (Å²) >= 11 is 0. The van der Waals surface area contributed by atoms with Crippen LogP contribution in [0.5, 0.6) is 0 Å². The van der Waals surface area contributed by atoms with Crippen molar-refractivity contribution in [2.45, 2.75) is 38.4 Å². The van der Waals surface area contributed by atoms with Crippen LogP contribution in [0.25, 0.3) is 0 Å². The van der Waals surface area contributed by atoms with Crippen LogP contribution in [0, 0.1) is 0 Å². The molecule has 0 aliphatic rings. The fourth-order valence-corrected chi connectivity index (χ4v) is 1.53. The Bertz CT molecular complexity index is 344. The van der Waals surface area contributed by atoms with E-state index in [-0.39, 0.29) is 6.42 Å². The molecule has 1 aromatic heterocycles. The molecule has 16 heavy (non-hydrogen) atoms. The molecule has 1 rings (SSSR count). The van der Waals surface area contributed by atoms with E-state index in [4.69, 9.17) is 5.73 Å².